The number of aryl methyl sites for hydroxylation is 1. The molecule has 3 N–H and O–H groups in total. The fourth-order valence-electron chi connectivity index (χ4n) is 7.21. The Hall–Kier alpha value is -2.96. The molecule has 3 aromatic heterocycles. The number of nitrogens with two attached hydrogens (primary N) is 1. The second-order valence-corrected chi connectivity index (χ2v) is 11.9. The number of nitrogen functional groups attached to an aromatic ring is 1. The summed E-state index contributed by atoms with van der Waals surface area (Å²) in [5.41, 5.74) is 4.99. The van der Waals surface area contributed by atoms with Crippen LogP contribution in [-0.2, 0) is 6.42 Å². The summed E-state index contributed by atoms with van der Waals surface area (Å²) in [6, 6.07) is 1.38. The van der Waals surface area contributed by atoms with Gasteiger partial charge in [0.15, 0.2) is 5.82 Å². The van der Waals surface area contributed by atoms with Crippen molar-refractivity contribution in [1.82, 2.24) is 30.2 Å². The molecule has 1 atom stereocenters. The molecule has 0 amide bonds. The van der Waals surface area contributed by atoms with E-state index in [4.69, 9.17) is 27.1 Å². The maximum Gasteiger partial charge on any atom is 0.319 e. The smallest absolute Gasteiger partial charge is 0.319 e. The predicted molar refractivity (Wildman–Crippen MR) is 161 cm³/mol. The lowest BCUT2D eigenvalue weighted by molar-refractivity contribution is 0.108. The molecule has 232 valence electrons. The third kappa shape index (κ3) is 5.35. The quantitative estimate of drug-likeness (QED) is 0.381. The summed E-state index contributed by atoms with van der Waals surface area (Å²) < 4.78 is 51.2. The van der Waals surface area contributed by atoms with Crippen LogP contribution < -0.4 is 20.7 Å². The molecule has 9 nitrogen and oxygen atoms in total. The molecule has 0 radical (unpaired) electrons. The Morgan fingerprint density at radius 1 is 1.09 bits per heavy atom. The van der Waals surface area contributed by atoms with Gasteiger partial charge in [-0.05, 0) is 64.1 Å². The zero-order chi connectivity index (χ0) is 30.3. The van der Waals surface area contributed by atoms with Gasteiger partial charge in [0.25, 0.3) is 6.43 Å². The number of alkyl halides is 2. The topological polar surface area (TPSA) is 105 Å². The van der Waals surface area contributed by atoms with E-state index in [0.717, 1.165) is 70.8 Å². The number of nitrogens with one attached hydrogen (secondary N) is 1. The third-order valence-corrected chi connectivity index (χ3v) is 9.46. The van der Waals surface area contributed by atoms with E-state index in [1.54, 1.807) is 0 Å². The highest BCUT2D eigenvalue weighted by Crippen LogP contribution is 2.42. The summed E-state index contributed by atoms with van der Waals surface area (Å²) >= 11 is 6.14. The molecular formula is C30H38ClF3N8O. The summed E-state index contributed by atoms with van der Waals surface area (Å²) in [5, 5.41) is 3.64. The Kier molecular flexibility index (Phi) is 8.54. The van der Waals surface area contributed by atoms with Crippen LogP contribution in [0.2, 0.25) is 5.02 Å². The number of hydrogen-bond donors (Lipinski definition) is 2. The minimum absolute atomic E-state index is 0.0167. The van der Waals surface area contributed by atoms with E-state index in [1.165, 1.54) is 0 Å². The lowest BCUT2D eigenvalue weighted by Gasteiger charge is -2.39. The van der Waals surface area contributed by atoms with Gasteiger partial charge in [0.2, 0.25) is 0 Å². The summed E-state index contributed by atoms with van der Waals surface area (Å²) in [7, 11) is 0. The van der Waals surface area contributed by atoms with Gasteiger partial charge in [-0.15, -0.1) is 0 Å². The number of ether oxygens (including phenoxy) is 1. The monoisotopic (exact) mass is 618 g/mol. The van der Waals surface area contributed by atoms with Crippen molar-refractivity contribution in [3.05, 3.63) is 28.2 Å². The van der Waals surface area contributed by atoms with Crippen molar-refractivity contribution < 1.29 is 17.9 Å². The molecule has 3 saturated heterocycles. The molecule has 7 heterocycles. The molecule has 13 heteroatoms. The predicted octanol–water partition coefficient (Wildman–Crippen LogP) is 5.55. The van der Waals surface area contributed by atoms with E-state index in [9.17, 15) is 8.78 Å². The normalized spacial score (nSPS) is 21.2. The molecule has 0 spiro atoms. The largest absolute Gasteiger partial charge is 0.461 e. The number of anilines is 2. The minimum Gasteiger partial charge on any atom is -0.461 e. The molecule has 4 aliphatic heterocycles. The molecule has 0 aromatic carbocycles. The summed E-state index contributed by atoms with van der Waals surface area (Å²) in [5.74, 6) is -0.405. The van der Waals surface area contributed by atoms with Crippen LogP contribution >= 0.6 is 11.6 Å². The van der Waals surface area contributed by atoms with E-state index in [1.807, 2.05) is 13.8 Å². The van der Waals surface area contributed by atoms with Gasteiger partial charge >= 0.3 is 6.01 Å². The van der Waals surface area contributed by atoms with Crippen molar-refractivity contribution in [2.24, 2.45) is 0 Å². The Balaban J connectivity index is 0.00000161. The van der Waals surface area contributed by atoms with E-state index in [0.29, 0.717) is 36.5 Å². The fraction of sp³-hybridized carbons (Fsp3) is 0.600. The van der Waals surface area contributed by atoms with Crippen molar-refractivity contribution in [2.45, 2.75) is 76.8 Å². The van der Waals surface area contributed by atoms with Crippen LogP contribution in [0.25, 0.3) is 22.3 Å². The first-order valence-electron chi connectivity index (χ1n) is 15.3. The van der Waals surface area contributed by atoms with E-state index in [-0.39, 0.29) is 45.3 Å². The van der Waals surface area contributed by atoms with Crippen molar-refractivity contribution >= 4 is 34.1 Å². The summed E-state index contributed by atoms with van der Waals surface area (Å²) in [6.07, 6.45) is 3.45. The van der Waals surface area contributed by atoms with Crippen molar-refractivity contribution in [2.75, 3.05) is 50.0 Å². The lowest BCUT2D eigenvalue weighted by Crippen LogP contribution is -2.52. The number of pyridine rings is 2. The van der Waals surface area contributed by atoms with Crippen LogP contribution in [0.1, 0.15) is 70.1 Å². The fourth-order valence-corrected chi connectivity index (χ4v) is 7.49. The second kappa shape index (κ2) is 12.2. The number of aromatic nitrogens is 4. The van der Waals surface area contributed by atoms with Crippen LogP contribution in [-0.4, -0.2) is 75.7 Å². The summed E-state index contributed by atoms with van der Waals surface area (Å²) in [4.78, 5) is 22.8. The van der Waals surface area contributed by atoms with E-state index < -0.39 is 17.8 Å². The van der Waals surface area contributed by atoms with Crippen molar-refractivity contribution in [1.29, 1.82) is 0 Å². The zero-order valence-electron chi connectivity index (χ0n) is 24.6. The number of nitrogens with zero attached hydrogens (tertiary/aromatic N) is 6. The highest BCUT2D eigenvalue weighted by molar-refractivity contribution is 6.32. The van der Waals surface area contributed by atoms with E-state index >= 15 is 4.39 Å². The number of fused-ring (bicyclic) bond motifs is 3. The number of rotatable bonds is 5. The Bertz CT molecular complexity index is 1500. The number of halogens is 4. The molecule has 0 aliphatic carbocycles. The first-order chi connectivity index (χ1) is 20.8. The van der Waals surface area contributed by atoms with Crippen LogP contribution in [0.3, 0.4) is 0 Å². The van der Waals surface area contributed by atoms with Crippen LogP contribution in [0.15, 0.2) is 6.07 Å². The van der Waals surface area contributed by atoms with Gasteiger partial charge in [0.1, 0.15) is 35.1 Å². The summed E-state index contributed by atoms with van der Waals surface area (Å²) in [6.45, 7) is 8.72. The lowest BCUT2D eigenvalue weighted by atomic mass is 9.95. The SMILES string of the molecule is CC.Nc1cc(Cl)c(C(F)F)c(-c2nc3c4c(nc(OCC56CCCN5CCC6)nc4c2F)N2CCNCC2CCC3)n1. The van der Waals surface area contributed by atoms with Gasteiger partial charge in [-0.3, -0.25) is 4.90 Å². The van der Waals surface area contributed by atoms with Gasteiger partial charge in [0.05, 0.1) is 27.2 Å². The number of hydrogen-bond acceptors (Lipinski definition) is 9. The van der Waals surface area contributed by atoms with Gasteiger partial charge in [-0.25, -0.2) is 23.1 Å². The third-order valence-electron chi connectivity index (χ3n) is 9.15. The molecule has 43 heavy (non-hydrogen) atoms. The van der Waals surface area contributed by atoms with Crippen LogP contribution in [0, 0.1) is 5.82 Å². The molecular weight excluding hydrogens is 581 g/mol. The second-order valence-electron chi connectivity index (χ2n) is 11.5. The molecule has 3 aromatic rings. The van der Waals surface area contributed by atoms with Crippen LogP contribution in [0.5, 0.6) is 6.01 Å². The highest BCUT2D eigenvalue weighted by atomic mass is 35.5. The highest BCUT2D eigenvalue weighted by Gasteiger charge is 2.45. The molecule has 4 aliphatic rings. The van der Waals surface area contributed by atoms with Gasteiger partial charge in [-0.1, -0.05) is 25.4 Å². The minimum atomic E-state index is -3.01. The molecule has 0 saturated carbocycles. The average molecular weight is 619 g/mol. The Morgan fingerprint density at radius 2 is 1.86 bits per heavy atom. The molecule has 3 fully saturated rings. The Morgan fingerprint density at radius 3 is 2.60 bits per heavy atom. The number of piperazine rings is 1. The maximum absolute atomic E-state index is 16.6. The van der Waals surface area contributed by atoms with Crippen LogP contribution in [0.4, 0.5) is 24.8 Å². The van der Waals surface area contributed by atoms with E-state index in [2.05, 4.69) is 30.1 Å². The van der Waals surface area contributed by atoms with Crippen molar-refractivity contribution in [3.63, 3.8) is 0 Å². The zero-order valence-corrected chi connectivity index (χ0v) is 25.4. The molecule has 1 unspecified atom stereocenters. The molecule has 7 rings (SSSR count). The Labute approximate surface area is 254 Å². The van der Waals surface area contributed by atoms with Gasteiger partial charge in [0, 0.05) is 25.7 Å². The average Bonchev–Trinajstić information content (AvgIpc) is 3.57. The first-order valence-corrected chi connectivity index (χ1v) is 15.7. The maximum atomic E-state index is 16.6. The van der Waals surface area contributed by atoms with Crippen molar-refractivity contribution in [3.8, 4) is 17.4 Å². The first kappa shape index (κ1) is 30.1. The molecule has 0 bridgehead atoms. The van der Waals surface area contributed by atoms with Gasteiger partial charge < -0.3 is 20.7 Å². The van der Waals surface area contributed by atoms with Gasteiger partial charge in [-0.2, -0.15) is 9.97 Å². The standard InChI is InChI=1S/C28H32ClF3N8O.C2H6/c29-16-12-18(33)36-23(19(16)25(31)32)24-21(30)22-20-17(35-24)5-1-4-15-13-34-8-11-40(15)26(20)38-27(37-22)41-14-28-6-2-9-39(28)10-3-7-28;1-2/h12,15,25,34H,1-11,13-14H2,(H2,33,36);1-2H3.